The molecule has 0 spiro atoms. The second kappa shape index (κ2) is 6.82. The molecule has 1 heterocycles. The summed E-state index contributed by atoms with van der Waals surface area (Å²) in [6.45, 7) is 4.48. The number of hydrogen-bond donors (Lipinski definition) is 1. The second-order valence-electron chi connectivity index (χ2n) is 4.59. The largest absolute Gasteiger partial charge is 0.473 e. The summed E-state index contributed by atoms with van der Waals surface area (Å²) in [6.07, 6.45) is 1.77. The Morgan fingerprint density at radius 2 is 2.00 bits per heavy atom. The van der Waals surface area contributed by atoms with Crippen molar-refractivity contribution in [2.24, 2.45) is 0 Å². The van der Waals surface area contributed by atoms with Crippen molar-refractivity contribution < 1.29 is 4.74 Å². The highest BCUT2D eigenvalue weighted by molar-refractivity contribution is 6.42. The van der Waals surface area contributed by atoms with Crippen LogP contribution < -0.4 is 10.1 Å². The van der Waals surface area contributed by atoms with Gasteiger partial charge in [-0.05, 0) is 37.6 Å². The first-order valence-corrected chi connectivity index (χ1v) is 7.12. The molecule has 2 aromatic rings. The highest BCUT2D eigenvalue weighted by Crippen LogP contribution is 2.27. The maximum Gasteiger partial charge on any atom is 0.237 e. The average molecular weight is 311 g/mol. The summed E-state index contributed by atoms with van der Waals surface area (Å²) in [4.78, 5) is 4.23. The Morgan fingerprint density at radius 3 is 2.75 bits per heavy atom. The fourth-order valence-electron chi connectivity index (χ4n) is 1.72. The third-order valence-electron chi connectivity index (χ3n) is 2.62. The Morgan fingerprint density at radius 1 is 1.20 bits per heavy atom. The SMILES string of the molecule is CC(C)Oc1ncccc1NCc1cccc(Cl)c1Cl. The minimum absolute atomic E-state index is 0.0696. The van der Waals surface area contributed by atoms with E-state index in [1.807, 2.05) is 38.1 Å². The van der Waals surface area contributed by atoms with Crippen LogP contribution in [0.2, 0.25) is 10.0 Å². The second-order valence-corrected chi connectivity index (χ2v) is 5.37. The van der Waals surface area contributed by atoms with E-state index in [4.69, 9.17) is 27.9 Å². The van der Waals surface area contributed by atoms with Gasteiger partial charge in [0.1, 0.15) is 0 Å². The van der Waals surface area contributed by atoms with Crippen LogP contribution in [0, 0.1) is 0 Å². The Hall–Kier alpha value is -1.45. The van der Waals surface area contributed by atoms with Gasteiger partial charge >= 0.3 is 0 Å². The number of pyridine rings is 1. The van der Waals surface area contributed by atoms with Gasteiger partial charge in [0.2, 0.25) is 5.88 Å². The van der Waals surface area contributed by atoms with Crippen LogP contribution in [0.4, 0.5) is 5.69 Å². The predicted octanol–water partition coefficient (Wildman–Crippen LogP) is 4.79. The summed E-state index contributed by atoms with van der Waals surface area (Å²) in [7, 11) is 0. The molecule has 0 aliphatic rings. The highest BCUT2D eigenvalue weighted by atomic mass is 35.5. The highest BCUT2D eigenvalue weighted by Gasteiger charge is 2.08. The van der Waals surface area contributed by atoms with Crippen molar-refractivity contribution in [2.45, 2.75) is 26.5 Å². The van der Waals surface area contributed by atoms with Gasteiger partial charge in [-0.15, -0.1) is 0 Å². The molecule has 1 aromatic carbocycles. The summed E-state index contributed by atoms with van der Waals surface area (Å²) < 4.78 is 5.66. The number of nitrogens with one attached hydrogen (secondary N) is 1. The first-order chi connectivity index (χ1) is 9.58. The summed E-state index contributed by atoms with van der Waals surface area (Å²) >= 11 is 12.2. The molecule has 3 nitrogen and oxygen atoms in total. The van der Waals surface area contributed by atoms with E-state index in [0.29, 0.717) is 22.5 Å². The minimum Gasteiger partial charge on any atom is -0.473 e. The zero-order valence-electron chi connectivity index (χ0n) is 11.4. The molecule has 0 saturated carbocycles. The number of hydrogen-bond acceptors (Lipinski definition) is 3. The van der Waals surface area contributed by atoms with Gasteiger partial charge in [-0.3, -0.25) is 0 Å². The molecule has 0 radical (unpaired) electrons. The predicted molar refractivity (Wildman–Crippen MR) is 83.8 cm³/mol. The summed E-state index contributed by atoms with van der Waals surface area (Å²) in [5, 5.41) is 4.39. The maximum absolute atomic E-state index is 6.16. The van der Waals surface area contributed by atoms with Crippen LogP contribution in [0.25, 0.3) is 0 Å². The fourth-order valence-corrected chi connectivity index (χ4v) is 2.10. The van der Waals surface area contributed by atoms with Crippen molar-refractivity contribution in [3.8, 4) is 5.88 Å². The molecule has 0 unspecified atom stereocenters. The molecular weight excluding hydrogens is 295 g/mol. The lowest BCUT2D eigenvalue weighted by atomic mass is 10.2. The first kappa shape index (κ1) is 14.9. The van der Waals surface area contributed by atoms with Crippen molar-refractivity contribution in [3.05, 3.63) is 52.1 Å². The zero-order valence-corrected chi connectivity index (χ0v) is 12.9. The van der Waals surface area contributed by atoms with E-state index >= 15 is 0 Å². The summed E-state index contributed by atoms with van der Waals surface area (Å²) in [6, 6.07) is 9.35. The Balaban J connectivity index is 2.13. The topological polar surface area (TPSA) is 34.1 Å². The molecule has 0 amide bonds. The number of aromatic nitrogens is 1. The van der Waals surface area contributed by atoms with Crippen molar-refractivity contribution in [1.82, 2.24) is 4.98 Å². The lowest BCUT2D eigenvalue weighted by Crippen LogP contribution is -2.10. The molecule has 0 saturated heterocycles. The van der Waals surface area contributed by atoms with Gasteiger partial charge in [-0.1, -0.05) is 35.3 Å². The van der Waals surface area contributed by atoms with Crippen molar-refractivity contribution in [1.29, 1.82) is 0 Å². The molecule has 0 atom stereocenters. The quantitative estimate of drug-likeness (QED) is 0.862. The zero-order chi connectivity index (χ0) is 14.5. The van der Waals surface area contributed by atoms with Crippen molar-refractivity contribution in [2.75, 3.05) is 5.32 Å². The van der Waals surface area contributed by atoms with Crippen LogP contribution >= 0.6 is 23.2 Å². The molecule has 0 aliphatic carbocycles. The van der Waals surface area contributed by atoms with Crippen LogP contribution in [-0.2, 0) is 6.54 Å². The lowest BCUT2D eigenvalue weighted by molar-refractivity contribution is 0.234. The first-order valence-electron chi connectivity index (χ1n) is 6.36. The van der Waals surface area contributed by atoms with Crippen LogP contribution in [0.1, 0.15) is 19.4 Å². The number of rotatable bonds is 5. The van der Waals surface area contributed by atoms with E-state index in [1.165, 1.54) is 0 Å². The van der Waals surface area contributed by atoms with Crippen molar-refractivity contribution in [3.63, 3.8) is 0 Å². The van der Waals surface area contributed by atoms with Crippen LogP contribution in [0.15, 0.2) is 36.5 Å². The Bertz CT molecular complexity index is 588. The van der Waals surface area contributed by atoms with Gasteiger partial charge in [-0.2, -0.15) is 0 Å². The van der Waals surface area contributed by atoms with Gasteiger partial charge in [0.15, 0.2) is 0 Å². The standard InChI is InChI=1S/C15H16Cl2N2O/c1-10(2)20-15-13(7-4-8-18-15)19-9-11-5-3-6-12(16)14(11)17/h3-8,10,19H,9H2,1-2H3. The van der Waals surface area contributed by atoms with Crippen molar-refractivity contribution >= 4 is 28.9 Å². The maximum atomic E-state index is 6.16. The van der Waals surface area contributed by atoms with Gasteiger partial charge in [0.25, 0.3) is 0 Å². The van der Waals surface area contributed by atoms with Gasteiger partial charge < -0.3 is 10.1 Å². The third kappa shape index (κ3) is 3.78. The van der Waals surface area contributed by atoms with E-state index in [2.05, 4.69) is 10.3 Å². The normalized spacial score (nSPS) is 10.7. The summed E-state index contributed by atoms with van der Waals surface area (Å²) in [5.74, 6) is 0.584. The molecule has 2 rings (SSSR count). The minimum atomic E-state index is 0.0696. The number of anilines is 1. The molecule has 0 aliphatic heterocycles. The number of ether oxygens (including phenoxy) is 1. The lowest BCUT2D eigenvalue weighted by Gasteiger charge is -2.14. The fraction of sp³-hybridized carbons (Fsp3) is 0.267. The number of benzene rings is 1. The summed E-state index contributed by atoms with van der Waals surface area (Å²) in [5.41, 5.74) is 1.76. The van der Waals surface area contributed by atoms with Crippen LogP contribution in [-0.4, -0.2) is 11.1 Å². The van der Waals surface area contributed by atoms with Crippen LogP contribution in [0.5, 0.6) is 5.88 Å². The van der Waals surface area contributed by atoms with E-state index in [-0.39, 0.29) is 6.10 Å². The Kier molecular flexibility index (Phi) is 5.10. The van der Waals surface area contributed by atoms with E-state index in [9.17, 15) is 0 Å². The van der Waals surface area contributed by atoms with Gasteiger partial charge in [-0.25, -0.2) is 4.98 Å². The third-order valence-corrected chi connectivity index (χ3v) is 3.48. The number of halogens is 2. The molecular formula is C15H16Cl2N2O. The smallest absolute Gasteiger partial charge is 0.237 e. The monoisotopic (exact) mass is 310 g/mol. The number of nitrogens with zero attached hydrogens (tertiary/aromatic N) is 1. The van der Waals surface area contributed by atoms with E-state index in [0.717, 1.165) is 11.3 Å². The van der Waals surface area contributed by atoms with Crippen LogP contribution in [0.3, 0.4) is 0 Å². The van der Waals surface area contributed by atoms with E-state index < -0.39 is 0 Å². The molecule has 106 valence electrons. The molecule has 1 aromatic heterocycles. The molecule has 0 fully saturated rings. The molecule has 5 heteroatoms. The molecule has 0 bridgehead atoms. The van der Waals surface area contributed by atoms with Gasteiger partial charge in [0.05, 0.1) is 21.8 Å². The average Bonchev–Trinajstić information content (AvgIpc) is 2.41. The van der Waals surface area contributed by atoms with E-state index in [1.54, 1.807) is 12.3 Å². The van der Waals surface area contributed by atoms with Gasteiger partial charge in [0, 0.05) is 12.7 Å². The molecule has 1 N–H and O–H groups in total. The molecule has 20 heavy (non-hydrogen) atoms. The Labute approximate surface area is 128 Å².